The molecule has 0 amide bonds. The highest BCUT2D eigenvalue weighted by Gasteiger charge is 2.12. The number of carboxylic acid groups (broad SMARTS) is 1. The van der Waals surface area contributed by atoms with E-state index in [-0.39, 0.29) is 5.95 Å². The highest BCUT2D eigenvalue weighted by atomic mass is 16.4. The van der Waals surface area contributed by atoms with Gasteiger partial charge in [-0.25, -0.2) is 4.98 Å². The number of hydrogen-bond acceptors (Lipinski definition) is 5. The van der Waals surface area contributed by atoms with Crippen LogP contribution < -0.4 is 5.32 Å². The number of aromatic nitrogens is 3. The summed E-state index contributed by atoms with van der Waals surface area (Å²) in [5, 5.41) is 18.8. The molecule has 76 valence electrons. The van der Waals surface area contributed by atoms with Crippen molar-refractivity contribution in [1.29, 1.82) is 0 Å². The molecule has 14 heavy (non-hydrogen) atoms. The molecule has 0 fully saturated rings. The second-order valence-electron chi connectivity index (χ2n) is 3.01. The molecule has 0 aliphatic heterocycles. The van der Waals surface area contributed by atoms with E-state index in [0.29, 0.717) is 0 Å². The molecule has 2 N–H and O–H groups in total. The number of carbonyl (C=O) groups is 1. The summed E-state index contributed by atoms with van der Waals surface area (Å²) in [6.45, 7) is 5.10. The smallest absolute Gasteiger partial charge is 0.325 e. The molecular formula is C8H12N4O2. The van der Waals surface area contributed by atoms with E-state index in [1.807, 2.05) is 0 Å². The van der Waals surface area contributed by atoms with Gasteiger partial charge in [-0.3, -0.25) is 4.79 Å². The average molecular weight is 196 g/mol. The number of hydrogen-bond donors (Lipinski definition) is 2. The molecule has 0 bridgehead atoms. The van der Waals surface area contributed by atoms with Crippen molar-refractivity contribution in [3.8, 4) is 0 Å². The van der Waals surface area contributed by atoms with Gasteiger partial charge >= 0.3 is 5.97 Å². The summed E-state index contributed by atoms with van der Waals surface area (Å²) < 4.78 is 0. The third kappa shape index (κ3) is 2.38. The Morgan fingerprint density at radius 2 is 2.00 bits per heavy atom. The van der Waals surface area contributed by atoms with Gasteiger partial charge < -0.3 is 10.4 Å². The number of aryl methyl sites for hydroxylation is 2. The lowest BCUT2D eigenvalue weighted by atomic mass is 10.3. The Hall–Kier alpha value is -1.72. The van der Waals surface area contributed by atoms with Crippen molar-refractivity contribution >= 4 is 11.9 Å². The summed E-state index contributed by atoms with van der Waals surface area (Å²) in [6, 6.07) is -0.723. The van der Waals surface area contributed by atoms with Crippen LogP contribution in [0.25, 0.3) is 0 Å². The van der Waals surface area contributed by atoms with Crippen molar-refractivity contribution in [2.24, 2.45) is 0 Å². The number of anilines is 1. The van der Waals surface area contributed by atoms with Gasteiger partial charge in [-0.15, -0.1) is 5.10 Å². The molecule has 1 rings (SSSR count). The fourth-order valence-corrected chi connectivity index (χ4v) is 0.773. The number of nitrogens with one attached hydrogen (secondary N) is 1. The maximum absolute atomic E-state index is 10.5. The third-order valence-corrected chi connectivity index (χ3v) is 1.81. The molecule has 0 saturated heterocycles. The zero-order chi connectivity index (χ0) is 10.7. The zero-order valence-corrected chi connectivity index (χ0v) is 8.27. The van der Waals surface area contributed by atoms with Crippen molar-refractivity contribution in [3.05, 3.63) is 11.4 Å². The van der Waals surface area contributed by atoms with E-state index >= 15 is 0 Å². The van der Waals surface area contributed by atoms with Crippen molar-refractivity contribution in [2.75, 3.05) is 5.32 Å². The fourth-order valence-electron chi connectivity index (χ4n) is 0.773. The lowest BCUT2D eigenvalue weighted by Gasteiger charge is -2.08. The second kappa shape index (κ2) is 3.99. The Kier molecular flexibility index (Phi) is 2.95. The third-order valence-electron chi connectivity index (χ3n) is 1.81. The normalized spacial score (nSPS) is 12.2. The van der Waals surface area contributed by atoms with Gasteiger partial charge in [-0.2, -0.15) is 5.10 Å². The summed E-state index contributed by atoms with van der Waals surface area (Å²) in [4.78, 5) is 14.6. The van der Waals surface area contributed by atoms with E-state index in [2.05, 4.69) is 20.5 Å². The first-order valence-electron chi connectivity index (χ1n) is 4.18. The maximum atomic E-state index is 10.5. The van der Waals surface area contributed by atoms with Gasteiger partial charge in [0.15, 0.2) is 0 Å². The molecule has 6 heteroatoms. The van der Waals surface area contributed by atoms with Crippen molar-refractivity contribution < 1.29 is 9.90 Å². The van der Waals surface area contributed by atoms with Crippen molar-refractivity contribution in [1.82, 2.24) is 15.2 Å². The minimum atomic E-state index is -0.952. The molecule has 6 nitrogen and oxygen atoms in total. The maximum Gasteiger partial charge on any atom is 0.325 e. The van der Waals surface area contributed by atoms with E-state index in [4.69, 9.17) is 5.11 Å². The van der Waals surface area contributed by atoms with Gasteiger partial charge in [0.25, 0.3) is 0 Å². The van der Waals surface area contributed by atoms with Crippen LogP contribution in [0.5, 0.6) is 0 Å². The van der Waals surface area contributed by atoms with Crippen molar-refractivity contribution in [3.63, 3.8) is 0 Å². The monoisotopic (exact) mass is 196 g/mol. The number of aliphatic carboxylic acids is 1. The first-order valence-corrected chi connectivity index (χ1v) is 4.18. The first-order chi connectivity index (χ1) is 6.50. The molecule has 0 saturated carbocycles. The van der Waals surface area contributed by atoms with Gasteiger partial charge in [0.1, 0.15) is 6.04 Å². The van der Waals surface area contributed by atoms with Gasteiger partial charge in [0.2, 0.25) is 5.95 Å². The van der Waals surface area contributed by atoms with Crippen LogP contribution in [-0.4, -0.2) is 32.3 Å². The van der Waals surface area contributed by atoms with Gasteiger partial charge in [-0.1, -0.05) is 0 Å². The summed E-state index contributed by atoms with van der Waals surface area (Å²) >= 11 is 0. The number of rotatable bonds is 3. The Morgan fingerprint density at radius 1 is 1.36 bits per heavy atom. The Labute approximate surface area is 81.4 Å². The van der Waals surface area contributed by atoms with Crippen LogP contribution in [-0.2, 0) is 4.79 Å². The molecule has 0 radical (unpaired) electrons. The first kappa shape index (κ1) is 10.4. The SMILES string of the molecule is Cc1nnc(NC(C)C(=O)O)nc1C. The second-order valence-corrected chi connectivity index (χ2v) is 3.01. The van der Waals surface area contributed by atoms with Gasteiger partial charge in [0.05, 0.1) is 11.4 Å². The summed E-state index contributed by atoms with van der Waals surface area (Å²) in [7, 11) is 0. The molecule has 0 aromatic carbocycles. The van der Waals surface area contributed by atoms with Crippen LogP contribution in [0.1, 0.15) is 18.3 Å². The molecule has 1 heterocycles. The molecular weight excluding hydrogens is 184 g/mol. The minimum absolute atomic E-state index is 0.239. The largest absolute Gasteiger partial charge is 0.480 e. The standard InChI is InChI=1S/C8H12N4O2/c1-4-5(2)11-12-8(9-4)10-6(3)7(13)14/h6H,1-3H3,(H,13,14)(H,9,10,12). The van der Waals surface area contributed by atoms with Crippen LogP contribution in [0.3, 0.4) is 0 Å². The van der Waals surface area contributed by atoms with E-state index < -0.39 is 12.0 Å². The molecule has 1 aromatic rings. The number of nitrogens with zero attached hydrogens (tertiary/aromatic N) is 3. The topological polar surface area (TPSA) is 88.0 Å². The van der Waals surface area contributed by atoms with E-state index in [1.165, 1.54) is 6.92 Å². The lowest BCUT2D eigenvalue weighted by Crippen LogP contribution is -2.26. The highest BCUT2D eigenvalue weighted by molar-refractivity contribution is 5.75. The summed E-state index contributed by atoms with van der Waals surface area (Å²) in [5.41, 5.74) is 1.47. The van der Waals surface area contributed by atoms with E-state index in [0.717, 1.165) is 11.4 Å². The minimum Gasteiger partial charge on any atom is -0.480 e. The molecule has 0 spiro atoms. The Bertz CT molecular complexity index is 353. The molecule has 0 aliphatic rings. The molecule has 1 unspecified atom stereocenters. The zero-order valence-electron chi connectivity index (χ0n) is 8.27. The van der Waals surface area contributed by atoms with Crippen LogP contribution in [0.4, 0.5) is 5.95 Å². The predicted molar refractivity (Wildman–Crippen MR) is 50.0 cm³/mol. The van der Waals surface area contributed by atoms with Crippen LogP contribution in [0.15, 0.2) is 0 Å². The van der Waals surface area contributed by atoms with Crippen LogP contribution in [0, 0.1) is 13.8 Å². The van der Waals surface area contributed by atoms with Gasteiger partial charge in [-0.05, 0) is 20.8 Å². The number of carboxylic acids is 1. The van der Waals surface area contributed by atoms with E-state index in [1.54, 1.807) is 13.8 Å². The highest BCUT2D eigenvalue weighted by Crippen LogP contribution is 2.03. The quantitative estimate of drug-likeness (QED) is 0.726. The average Bonchev–Trinajstić information content (AvgIpc) is 2.11. The van der Waals surface area contributed by atoms with Crippen molar-refractivity contribution in [2.45, 2.75) is 26.8 Å². The Morgan fingerprint density at radius 3 is 2.50 bits per heavy atom. The van der Waals surface area contributed by atoms with Crippen LogP contribution >= 0.6 is 0 Å². The van der Waals surface area contributed by atoms with E-state index in [9.17, 15) is 4.79 Å². The molecule has 0 aliphatic carbocycles. The summed E-state index contributed by atoms with van der Waals surface area (Å²) in [5.74, 6) is -0.713. The lowest BCUT2D eigenvalue weighted by molar-refractivity contribution is -0.137. The molecule has 1 aromatic heterocycles. The molecule has 1 atom stereocenters. The fraction of sp³-hybridized carbons (Fsp3) is 0.500. The predicted octanol–water partition coefficient (Wildman–Crippen LogP) is 0.373. The van der Waals surface area contributed by atoms with Gasteiger partial charge in [0, 0.05) is 0 Å². The van der Waals surface area contributed by atoms with Crippen LogP contribution in [0.2, 0.25) is 0 Å². The Balaban J connectivity index is 2.78. The summed E-state index contributed by atoms with van der Waals surface area (Å²) in [6.07, 6.45) is 0.